The van der Waals surface area contributed by atoms with Crippen molar-refractivity contribution in [2.24, 2.45) is 11.8 Å². The number of anilines is 1. The molecular weight excluding hydrogens is 286 g/mol. The zero-order valence-corrected chi connectivity index (χ0v) is 12.3. The molecule has 0 unspecified atom stereocenters. The smallest absolute Gasteiger partial charge is 0.339 e. The number of hydrogen-bond acceptors (Lipinski definition) is 5. The summed E-state index contributed by atoms with van der Waals surface area (Å²) in [4.78, 5) is 35.3. The quantitative estimate of drug-likeness (QED) is 0.836. The molecular formula is C16H18NO5-. The SMILES string of the molecule is COC(=O)c1ccccc1NC(=O)[C@@H]1CCCC[C@@H]1C(=O)[O-]. The lowest BCUT2D eigenvalue weighted by Gasteiger charge is -2.31. The zero-order chi connectivity index (χ0) is 16.1. The molecule has 1 N–H and O–H groups in total. The van der Waals surface area contributed by atoms with Crippen molar-refractivity contribution in [2.45, 2.75) is 25.7 Å². The van der Waals surface area contributed by atoms with Crippen LogP contribution in [-0.4, -0.2) is 25.0 Å². The molecule has 1 aromatic carbocycles. The molecule has 1 aliphatic carbocycles. The van der Waals surface area contributed by atoms with E-state index in [0.29, 0.717) is 18.5 Å². The van der Waals surface area contributed by atoms with E-state index in [1.807, 2.05) is 0 Å². The van der Waals surface area contributed by atoms with E-state index in [0.717, 1.165) is 12.8 Å². The summed E-state index contributed by atoms with van der Waals surface area (Å²) in [6.45, 7) is 0. The molecule has 1 saturated carbocycles. The highest BCUT2D eigenvalue weighted by molar-refractivity contribution is 6.02. The number of hydrogen-bond donors (Lipinski definition) is 1. The summed E-state index contributed by atoms with van der Waals surface area (Å²) in [6, 6.07) is 6.46. The summed E-state index contributed by atoms with van der Waals surface area (Å²) in [5, 5.41) is 13.8. The van der Waals surface area contributed by atoms with Gasteiger partial charge in [-0.05, 0) is 25.0 Å². The van der Waals surface area contributed by atoms with Crippen LogP contribution >= 0.6 is 0 Å². The second kappa shape index (κ2) is 7.06. The maximum Gasteiger partial charge on any atom is 0.339 e. The van der Waals surface area contributed by atoms with Crippen LogP contribution in [0.2, 0.25) is 0 Å². The molecule has 0 aliphatic heterocycles. The van der Waals surface area contributed by atoms with Crippen molar-refractivity contribution in [3.8, 4) is 0 Å². The number of carbonyl (C=O) groups excluding carboxylic acids is 3. The summed E-state index contributed by atoms with van der Waals surface area (Å²) in [5.74, 6) is -3.56. The zero-order valence-electron chi connectivity index (χ0n) is 12.3. The summed E-state index contributed by atoms with van der Waals surface area (Å²) in [7, 11) is 1.26. The van der Waals surface area contributed by atoms with E-state index in [1.54, 1.807) is 24.3 Å². The lowest BCUT2D eigenvalue weighted by molar-refractivity contribution is -0.313. The maximum atomic E-state index is 12.4. The molecule has 0 spiro atoms. The predicted molar refractivity (Wildman–Crippen MR) is 76.9 cm³/mol. The van der Waals surface area contributed by atoms with Gasteiger partial charge in [-0.1, -0.05) is 25.0 Å². The lowest BCUT2D eigenvalue weighted by atomic mass is 9.78. The third-order valence-corrected chi connectivity index (χ3v) is 4.00. The third kappa shape index (κ3) is 3.44. The van der Waals surface area contributed by atoms with Gasteiger partial charge in [-0.15, -0.1) is 0 Å². The second-order valence-electron chi connectivity index (χ2n) is 5.34. The standard InChI is InChI=1S/C16H19NO5/c1-22-16(21)12-8-4-5-9-13(12)17-14(18)10-6-2-3-7-11(10)15(19)20/h4-5,8-11H,2-3,6-7H2,1H3,(H,17,18)(H,19,20)/p-1/t10-,11+/m1/s1. The minimum atomic E-state index is -1.19. The summed E-state index contributed by atoms with van der Waals surface area (Å²) >= 11 is 0. The number of ether oxygens (including phenoxy) is 1. The lowest BCUT2D eigenvalue weighted by Crippen LogP contribution is -2.42. The topological polar surface area (TPSA) is 95.5 Å². The Morgan fingerprint density at radius 2 is 1.77 bits per heavy atom. The second-order valence-corrected chi connectivity index (χ2v) is 5.34. The van der Waals surface area contributed by atoms with E-state index in [9.17, 15) is 19.5 Å². The fourth-order valence-electron chi connectivity index (χ4n) is 2.83. The van der Waals surface area contributed by atoms with Gasteiger partial charge in [0, 0.05) is 17.8 Å². The highest BCUT2D eigenvalue weighted by atomic mass is 16.5. The van der Waals surface area contributed by atoms with Gasteiger partial charge in [-0.25, -0.2) is 4.79 Å². The minimum absolute atomic E-state index is 0.235. The van der Waals surface area contributed by atoms with Crippen LogP contribution in [0.4, 0.5) is 5.69 Å². The number of carboxylic acid groups (broad SMARTS) is 1. The Kier molecular flexibility index (Phi) is 5.14. The van der Waals surface area contributed by atoms with Gasteiger partial charge in [0.1, 0.15) is 0 Å². The normalized spacial score (nSPS) is 21.0. The van der Waals surface area contributed by atoms with Crippen LogP contribution in [0, 0.1) is 11.8 Å². The van der Waals surface area contributed by atoms with Crippen molar-refractivity contribution >= 4 is 23.5 Å². The van der Waals surface area contributed by atoms with E-state index in [4.69, 9.17) is 0 Å². The first-order valence-electron chi connectivity index (χ1n) is 7.23. The van der Waals surface area contributed by atoms with Crippen LogP contribution in [0.3, 0.4) is 0 Å². The average molecular weight is 304 g/mol. The maximum absolute atomic E-state index is 12.4. The third-order valence-electron chi connectivity index (χ3n) is 4.00. The summed E-state index contributed by atoms with van der Waals surface area (Å²) < 4.78 is 4.67. The Morgan fingerprint density at radius 3 is 2.41 bits per heavy atom. The Morgan fingerprint density at radius 1 is 1.14 bits per heavy atom. The number of aliphatic carboxylic acids is 1. The number of amides is 1. The fourth-order valence-corrected chi connectivity index (χ4v) is 2.83. The summed E-state index contributed by atoms with van der Waals surface area (Å²) in [6.07, 6.45) is 2.53. The first kappa shape index (κ1) is 16.0. The average Bonchev–Trinajstić information content (AvgIpc) is 2.54. The van der Waals surface area contributed by atoms with E-state index >= 15 is 0 Å². The number of esters is 1. The molecule has 0 bridgehead atoms. The van der Waals surface area contributed by atoms with Crippen LogP contribution < -0.4 is 10.4 Å². The summed E-state index contributed by atoms with van der Waals surface area (Å²) in [5.41, 5.74) is 0.557. The van der Waals surface area contributed by atoms with Gasteiger partial charge in [0.2, 0.25) is 5.91 Å². The molecule has 0 aromatic heterocycles. The van der Waals surface area contributed by atoms with Crippen LogP contribution in [-0.2, 0) is 14.3 Å². The molecule has 118 valence electrons. The Balaban J connectivity index is 2.18. The van der Waals surface area contributed by atoms with Crippen molar-refractivity contribution < 1.29 is 24.2 Å². The van der Waals surface area contributed by atoms with E-state index in [2.05, 4.69) is 10.1 Å². The van der Waals surface area contributed by atoms with E-state index in [1.165, 1.54) is 7.11 Å². The predicted octanol–water partition coefficient (Wildman–Crippen LogP) is 0.968. The molecule has 1 amide bonds. The number of benzene rings is 1. The molecule has 6 heteroatoms. The molecule has 1 aliphatic rings. The van der Waals surface area contributed by atoms with Crippen molar-refractivity contribution in [1.29, 1.82) is 0 Å². The molecule has 2 atom stereocenters. The number of carbonyl (C=O) groups is 3. The van der Waals surface area contributed by atoms with Crippen LogP contribution in [0.1, 0.15) is 36.0 Å². The minimum Gasteiger partial charge on any atom is -0.550 e. The van der Waals surface area contributed by atoms with E-state index < -0.39 is 29.7 Å². The van der Waals surface area contributed by atoms with Crippen molar-refractivity contribution in [1.82, 2.24) is 0 Å². The van der Waals surface area contributed by atoms with Gasteiger partial charge in [0.25, 0.3) is 0 Å². The number of methoxy groups -OCH3 is 1. The van der Waals surface area contributed by atoms with E-state index in [-0.39, 0.29) is 5.56 Å². The Bertz CT molecular complexity index is 584. The largest absolute Gasteiger partial charge is 0.550 e. The first-order valence-corrected chi connectivity index (χ1v) is 7.23. The number of nitrogens with one attached hydrogen (secondary N) is 1. The van der Waals surface area contributed by atoms with Gasteiger partial charge in [0.05, 0.1) is 18.4 Å². The highest BCUT2D eigenvalue weighted by Gasteiger charge is 2.32. The molecule has 1 aromatic rings. The van der Waals surface area contributed by atoms with Crippen molar-refractivity contribution in [2.75, 3.05) is 12.4 Å². The van der Waals surface area contributed by atoms with Gasteiger partial charge >= 0.3 is 5.97 Å². The van der Waals surface area contributed by atoms with Gasteiger partial charge < -0.3 is 20.0 Å². The Hall–Kier alpha value is -2.37. The highest BCUT2D eigenvalue weighted by Crippen LogP contribution is 2.31. The van der Waals surface area contributed by atoms with Crippen molar-refractivity contribution in [3.05, 3.63) is 29.8 Å². The van der Waals surface area contributed by atoms with Gasteiger partial charge in [-0.3, -0.25) is 4.79 Å². The molecule has 0 radical (unpaired) electrons. The number of carboxylic acids is 1. The molecule has 2 rings (SSSR count). The van der Waals surface area contributed by atoms with Crippen LogP contribution in [0.25, 0.3) is 0 Å². The van der Waals surface area contributed by atoms with Crippen molar-refractivity contribution in [3.63, 3.8) is 0 Å². The Labute approximate surface area is 128 Å². The molecule has 6 nitrogen and oxygen atoms in total. The number of para-hydroxylation sites is 1. The number of rotatable bonds is 4. The van der Waals surface area contributed by atoms with Gasteiger partial charge in [-0.2, -0.15) is 0 Å². The monoisotopic (exact) mass is 304 g/mol. The van der Waals surface area contributed by atoms with Crippen LogP contribution in [0.5, 0.6) is 0 Å². The first-order chi connectivity index (χ1) is 10.5. The molecule has 0 heterocycles. The fraction of sp³-hybridized carbons (Fsp3) is 0.438. The molecule has 0 saturated heterocycles. The van der Waals surface area contributed by atoms with Gasteiger partial charge in [0.15, 0.2) is 0 Å². The van der Waals surface area contributed by atoms with Crippen LogP contribution in [0.15, 0.2) is 24.3 Å². The molecule has 22 heavy (non-hydrogen) atoms. The molecule has 1 fully saturated rings.